The number of hydrogen-bond acceptors (Lipinski definition) is 3. The van der Waals surface area contributed by atoms with Crippen LogP contribution in [0.4, 0.5) is 0 Å². The van der Waals surface area contributed by atoms with Gasteiger partial charge in [-0.2, -0.15) is 0 Å². The van der Waals surface area contributed by atoms with Crippen LogP contribution in [-0.4, -0.2) is 24.5 Å². The van der Waals surface area contributed by atoms with Crippen LogP contribution < -0.4 is 4.74 Å². The van der Waals surface area contributed by atoms with Gasteiger partial charge in [-0.3, -0.25) is 9.59 Å². The minimum absolute atomic E-state index is 0.285. The molecule has 1 N–H and O–H groups in total. The van der Waals surface area contributed by atoms with Crippen molar-refractivity contribution < 1.29 is 19.4 Å². The van der Waals surface area contributed by atoms with Crippen LogP contribution in [0.3, 0.4) is 0 Å². The Morgan fingerprint density at radius 3 is 2.59 bits per heavy atom. The number of methoxy groups -OCH3 is 1. The third kappa shape index (κ3) is 3.06. The second-order valence-corrected chi connectivity index (χ2v) is 4.55. The number of carboxylic acids is 1. The molecular weight excluding hydrogens is 220 g/mol. The van der Waals surface area contributed by atoms with Crippen molar-refractivity contribution >= 4 is 12.3 Å². The fourth-order valence-corrected chi connectivity index (χ4v) is 1.53. The number of hydrogen-bond donors (Lipinski definition) is 1. The number of carboxylic acid groups (broad SMARTS) is 1. The van der Waals surface area contributed by atoms with E-state index in [0.29, 0.717) is 16.9 Å². The molecule has 0 radical (unpaired) electrons. The summed E-state index contributed by atoms with van der Waals surface area (Å²) in [4.78, 5) is 22.0. The molecule has 0 atom stereocenters. The van der Waals surface area contributed by atoms with Crippen molar-refractivity contribution in [1.29, 1.82) is 0 Å². The average molecular weight is 236 g/mol. The Bertz CT molecular complexity index is 435. The monoisotopic (exact) mass is 236 g/mol. The quantitative estimate of drug-likeness (QED) is 0.796. The van der Waals surface area contributed by atoms with E-state index in [2.05, 4.69) is 0 Å². The normalized spacial score (nSPS) is 11.0. The molecule has 1 aromatic rings. The van der Waals surface area contributed by atoms with Crippen molar-refractivity contribution in [3.05, 3.63) is 29.3 Å². The van der Waals surface area contributed by atoms with Crippen LogP contribution in [-0.2, 0) is 11.2 Å². The van der Waals surface area contributed by atoms with E-state index >= 15 is 0 Å². The summed E-state index contributed by atoms with van der Waals surface area (Å²) in [7, 11) is 1.53. The Kier molecular flexibility index (Phi) is 3.89. The second kappa shape index (κ2) is 4.99. The lowest BCUT2D eigenvalue weighted by Crippen LogP contribution is -2.26. The van der Waals surface area contributed by atoms with E-state index in [1.807, 2.05) is 0 Å². The summed E-state index contributed by atoms with van der Waals surface area (Å²) in [5, 5.41) is 9.07. The number of aldehydes is 1. The summed E-state index contributed by atoms with van der Waals surface area (Å²) in [5.74, 6) is -0.274. The van der Waals surface area contributed by atoms with Gasteiger partial charge in [0.1, 0.15) is 12.0 Å². The van der Waals surface area contributed by atoms with Crippen molar-refractivity contribution in [2.24, 2.45) is 5.41 Å². The van der Waals surface area contributed by atoms with E-state index in [0.717, 1.165) is 6.29 Å². The summed E-state index contributed by atoms with van der Waals surface area (Å²) >= 11 is 0. The maximum Gasteiger partial charge on any atom is 0.309 e. The molecule has 17 heavy (non-hydrogen) atoms. The molecule has 92 valence electrons. The van der Waals surface area contributed by atoms with Gasteiger partial charge in [0.25, 0.3) is 0 Å². The van der Waals surface area contributed by atoms with Crippen LogP contribution in [0.2, 0.25) is 0 Å². The molecule has 0 aliphatic heterocycles. The number of ether oxygens (including phenoxy) is 1. The first-order valence-corrected chi connectivity index (χ1v) is 5.26. The number of benzene rings is 1. The molecule has 0 amide bonds. The first-order valence-electron chi connectivity index (χ1n) is 5.26. The average Bonchev–Trinajstić information content (AvgIpc) is 2.28. The summed E-state index contributed by atoms with van der Waals surface area (Å²) < 4.78 is 5.07. The zero-order valence-corrected chi connectivity index (χ0v) is 10.2. The molecule has 0 spiro atoms. The number of carbonyl (C=O) groups excluding carboxylic acids is 1. The van der Waals surface area contributed by atoms with Crippen LogP contribution >= 0.6 is 0 Å². The third-order valence-electron chi connectivity index (χ3n) is 2.69. The highest BCUT2D eigenvalue weighted by molar-refractivity contribution is 5.79. The largest absolute Gasteiger partial charge is 0.497 e. The van der Waals surface area contributed by atoms with Crippen molar-refractivity contribution in [3.8, 4) is 5.75 Å². The molecule has 0 saturated heterocycles. The molecule has 4 nitrogen and oxygen atoms in total. The summed E-state index contributed by atoms with van der Waals surface area (Å²) in [6.07, 6.45) is 1.01. The van der Waals surface area contributed by atoms with Gasteiger partial charge in [-0.1, -0.05) is 0 Å². The van der Waals surface area contributed by atoms with Gasteiger partial charge in [-0.25, -0.2) is 0 Å². The Balaban J connectivity index is 3.11. The first kappa shape index (κ1) is 13.2. The van der Waals surface area contributed by atoms with Gasteiger partial charge in [-0.05, 0) is 44.0 Å². The zero-order valence-electron chi connectivity index (χ0n) is 10.2. The van der Waals surface area contributed by atoms with Crippen LogP contribution in [0.25, 0.3) is 0 Å². The summed E-state index contributed by atoms with van der Waals surface area (Å²) in [6, 6.07) is 5.02. The fraction of sp³-hybridized carbons (Fsp3) is 0.385. The highest BCUT2D eigenvalue weighted by Gasteiger charge is 2.28. The number of carbonyl (C=O) groups is 2. The van der Waals surface area contributed by atoms with E-state index in [9.17, 15) is 9.59 Å². The molecule has 0 saturated carbocycles. The molecule has 0 heterocycles. The first-order chi connectivity index (χ1) is 7.90. The molecule has 1 aromatic carbocycles. The van der Waals surface area contributed by atoms with Crippen LogP contribution in [0, 0.1) is 5.41 Å². The minimum Gasteiger partial charge on any atom is -0.497 e. The standard InChI is InChI=1S/C13H16O4/c1-13(2,12(15)16)7-10-6-11(17-3)5-4-9(10)8-14/h4-6,8H,7H2,1-3H3,(H,15,16). The van der Waals surface area contributed by atoms with Crippen LogP contribution in [0.15, 0.2) is 18.2 Å². The van der Waals surface area contributed by atoms with Crippen molar-refractivity contribution in [2.75, 3.05) is 7.11 Å². The van der Waals surface area contributed by atoms with Gasteiger partial charge in [0.15, 0.2) is 0 Å². The van der Waals surface area contributed by atoms with Gasteiger partial charge in [0.05, 0.1) is 12.5 Å². The van der Waals surface area contributed by atoms with Gasteiger partial charge in [0.2, 0.25) is 0 Å². The highest BCUT2D eigenvalue weighted by Crippen LogP contribution is 2.26. The Morgan fingerprint density at radius 2 is 2.12 bits per heavy atom. The fourth-order valence-electron chi connectivity index (χ4n) is 1.53. The molecule has 4 heteroatoms. The van der Waals surface area contributed by atoms with Crippen LogP contribution in [0.1, 0.15) is 29.8 Å². The Labute approximate surface area is 100 Å². The summed E-state index contributed by atoms with van der Waals surface area (Å²) in [6.45, 7) is 3.26. The molecule has 0 fully saturated rings. The van der Waals surface area contributed by atoms with Crippen molar-refractivity contribution in [3.63, 3.8) is 0 Å². The van der Waals surface area contributed by atoms with E-state index in [1.54, 1.807) is 32.0 Å². The summed E-state index contributed by atoms with van der Waals surface area (Å²) in [5.41, 5.74) is 0.274. The van der Waals surface area contributed by atoms with E-state index < -0.39 is 11.4 Å². The molecule has 0 aromatic heterocycles. The molecular formula is C13H16O4. The maximum atomic E-state index is 11.1. The predicted molar refractivity (Wildman–Crippen MR) is 63.5 cm³/mol. The number of aliphatic carboxylic acids is 1. The third-order valence-corrected chi connectivity index (χ3v) is 2.69. The van der Waals surface area contributed by atoms with Crippen molar-refractivity contribution in [2.45, 2.75) is 20.3 Å². The number of rotatable bonds is 5. The lowest BCUT2D eigenvalue weighted by Gasteiger charge is -2.20. The molecule has 0 unspecified atom stereocenters. The minimum atomic E-state index is -0.913. The Hall–Kier alpha value is -1.84. The Morgan fingerprint density at radius 1 is 1.47 bits per heavy atom. The maximum absolute atomic E-state index is 11.1. The van der Waals surface area contributed by atoms with Gasteiger partial charge in [-0.15, -0.1) is 0 Å². The zero-order chi connectivity index (χ0) is 13.1. The SMILES string of the molecule is COc1ccc(C=O)c(CC(C)(C)C(=O)O)c1. The highest BCUT2D eigenvalue weighted by atomic mass is 16.5. The molecule has 1 rings (SSSR count). The molecule has 0 bridgehead atoms. The lowest BCUT2D eigenvalue weighted by molar-refractivity contribution is -0.146. The predicted octanol–water partition coefficient (Wildman–Crippen LogP) is 2.16. The smallest absolute Gasteiger partial charge is 0.309 e. The van der Waals surface area contributed by atoms with Gasteiger partial charge < -0.3 is 9.84 Å². The van der Waals surface area contributed by atoms with E-state index in [-0.39, 0.29) is 6.42 Å². The molecule has 0 aliphatic carbocycles. The van der Waals surface area contributed by atoms with Crippen molar-refractivity contribution in [1.82, 2.24) is 0 Å². The molecule has 0 aliphatic rings. The van der Waals surface area contributed by atoms with Crippen LogP contribution in [0.5, 0.6) is 5.75 Å². The van der Waals surface area contributed by atoms with Gasteiger partial charge in [0, 0.05) is 5.56 Å². The topological polar surface area (TPSA) is 63.6 Å². The second-order valence-electron chi connectivity index (χ2n) is 4.55. The van der Waals surface area contributed by atoms with E-state index in [1.165, 1.54) is 7.11 Å². The van der Waals surface area contributed by atoms with Gasteiger partial charge >= 0.3 is 5.97 Å². The van der Waals surface area contributed by atoms with E-state index in [4.69, 9.17) is 9.84 Å². The lowest BCUT2D eigenvalue weighted by atomic mass is 9.84.